The van der Waals surface area contributed by atoms with Gasteiger partial charge < -0.3 is 35.6 Å². The predicted octanol–water partition coefficient (Wildman–Crippen LogP) is -3.64. The molecule has 0 amide bonds. The number of hydrogen-bond acceptors (Lipinski definition) is 5. The van der Waals surface area contributed by atoms with Crippen molar-refractivity contribution >= 4 is 58.2 Å². The van der Waals surface area contributed by atoms with Crippen molar-refractivity contribution in [1.29, 1.82) is 0 Å². The van der Waals surface area contributed by atoms with Gasteiger partial charge in [0.15, 0.2) is 0 Å². The summed E-state index contributed by atoms with van der Waals surface area (Å²) in [5.74, 6) is 0. The van der Waals surface area contributed by atoms with E-state index >= 15 is 0 Å². The molecule has 0 aromatic carbocycles. The maximum atomic E-state index is 4.84. The molecule has 0 radical (unpaired) electrons. The van der Waals surface area contributed by atoms with Crippen LogP contribution < -0.4 is 59.1 Å². The Morgan fingerprint density at radius 1 is 1.10 bits per heavy atom. The summed E-state index contributed by atoms with van der Waals surface area (Å²) in [5.41, 5.74) is 0. The van der Waals surface area contributed by atoms with E-state index in [-0.39, 0.29) is 59.1 Å². The van der Waals surface area contributed by atoms with Gasteiger partial charge in [-0.05, 0) is 0 Å². The van der Waals surface area contributed by atoms with Crippen molar-refractivity contribution in [2.45, 2.75) is 9.10 Å². The summed E-state index contributed by atoms with van der Waals surface area (Å²) in [7, 11) is 2.96. The first-order valence-electron chi connectivity index (χ1n) is 1.69. The van der Waals surface area contributed by atoms with E-state index in [1.165, 1.54) is 20.7 Å². The van der Waals surface area contributed by atoms with Crippen molar-refractivity contribution < 1.29 is 59.1 Å². The molecule has 0 aliphatic rings. The van der Waals surface area contributed by atoms with Gasteiger partial charge in [0.2, 0.25) is 0 Å². The Morgan fingerprint density at radius 3 is 1.70 bits per heavy atom. The first-order chi connectivity index (χ1) is 3.72. The van der Waals surface area contributed by atoms with Crippen LogP contribution in [0.25, 0.3) is 0 Å². The third kappa shape index (κ3) is 4.09. The van der Waals surface area contributed by atoms with Crippen molar-refractivity contribution in [3.8, 4) is 0 Å². The van der Waals surface area contributed by atoms with Gasteiger partial charge in [-0.1, -0.05) is 12.2 Å². The largest absolute Gasteiger partial charge is 1.00 e. The van der Waals surface area contributed by atoms with Crippen LogP contribution in [0.5, 0.6) is 0 Å². The van der Waals surface area contributed by atoms with Crippen LogP contribution in [0.2, 0.25) is 0 Å². The standard InChI is InChI=1S/C3H2S5.2Na/c4-1-2(5)7-8-3(1)6;;/h4-5H;;/q;2*+1/p-2. The van der Waals surface area contributed by atoms with Gasteiger partial charge in [-0.2, -0.15) is 15.2 Å². The smallest absolute Gasteiger partial charge is 0.778 e. The van der Waals surface area contributed by atoms with Gasteiger partial charge in [0.1, 0.15) is 0 Å². The second-order valence-electron chi connectivity index (χ2n) is 1.07. The first kappa shape index (κ1) is 15.2. The van der Waals surface area contributed by atoms with Gasteiger partial charge in [0.25, 0.3) is 0 Å². The van der Waals surface area contributed by atoms with Gasteiger partial charge in [-0.3, -0.25) is 0 Å². The molecular weight excluding hydrogens is 242 g/mol. The minimum atomic E-state index is 0. The topological polar surface area (TPSA) is 0 Å². The van der Waals surface area contributed by atoms with Gasteiger partial charge in [-0.15, -0.1) is 4.21 Å². The van der Waals surface area contributed by atoms with E-state index in [2.05, 4.69) is 0 Å². The Hall–Kier alpha value is 2.71. The third-order valence-electron chi connectivity index (χ3n) is 0.564. The van der Waals surface area contributed by atoms with Crippen LogP contribution in [0.3, 0.4) is 0 Å². The second-order valence-corrected chi connectivity index (χ2v) is 4.96. The minimum absolute atomic E-state index is 0. The summed E-state index contributed by atoms with van der Waals surface area (Å²) in [6, 6.07) is 0. The molecule has 7 heteroatoms. The van der Waals surface area contributed by atoms with E-state index in [4.69, 9.17) is 37.5 Å². The molecule has 1 aromatic rings. The van der Waals surface area contributed by atoms with Crippen LogP contribution in [0.15, 0.2) is 9.10 Å². The summed E-state index contributed by atoms with van der Waals surface area (Å²) in [4.78, 5) is 0.685. The average molecular weight is 242 g/mol. The molecule has 1 aromatic heterocycles. The maximum Gasteiger partial charge on any atom is 1.00 e. The Morgan fingerprint density at radius 2 is 1.60 bits per heavy atom. The molecule has 1 rings (SSSR count). The molecule has 1 heterocycles. The normalized spacial score (nSPS) is 7.60. The minimum Gasteiger partial charge on any atom is -0.778 e. The molecule has 10 heavy (non-hydrogen) atoms. The average Bonchev–Trinajstić information content (AvgIpc) is 1.98. The van der Waals surface area contributed by atoms with E-state index in [0.29, 0.717) is 4.90 Å². The van der Waals surface area contributed by atoms with Gasteiger partial charge in [0.05, 0.1) is 3.82 Å². The van der Waals surface area contributed by atoms with Crippen LogP contribution in [0.1, 0.15) is 0 Å². The van der Waals surface area contributed by atoms with Gasteiger partial charge in [-0.25, -0.2) is 0 Å². The molecule has 0 N–H and O–H groups in total. The summed E-state index contributed by atoms with van der Waals surface area (Å²) in [6.07, 6.45) is 0. The number of rotatable bonds is 0. The molecule has 0 aliphatic heterocycles. The third-order valence-corrected chi connectivity index (χ3v) is 5.07. The molecule has 0 atom stereocenters. The summed E-state index contributed by atoms with van der Waals surface area (Å²) >= 11 is 14.5. The van der Waals surface area contributed by atoms with Crippen LogP contribution >= 0.6 is 32.9 Å². The van der Waals surface area contributed by atoms with Crippen molar-refractivity contribution in [2.24, 2.45) is 0 Å². The second kappa shape index (κ2) is 7.15. The van der Waals surface area contributed by atoms with Crippen LogP contribution in [0, 0.1) is 3.82 Å². The summed E-state index contributed by atoms with van der Waals surface area (Å²) in [6.45, 7) is 0. The molecule has 0 saturated heterocycles. The predicted molar refractivity (Wildman–Crippen MR) is 44.3 cm³/mol. The van der Waals surface area contributed by atoms with Crippen molar-refractivity contribution in [2.75, 3.05) is 0 Å². The molecule has 44 valence electrons. The van der Waals surface area contributed by atoms with Crippen molar-refractivity contribution in [1.82, 2.24) is 0 Å². The van der Waals surface area contributed by atoms with Crippen LogP contribution in [0.4, 0.5) is 0 Å². The Balaban J connectivity index is 0. The zero-order chi connectivity index (χ0) is 6.15. The number of hydrogen-bond donors (Lipinski definition) is 0. The fraction of sp³-hybridized carbons (Fsp3) is 0. The zero-order valence-corrected chi connectivity index (χ0v) is 13.6. The SMILES string of the molecule is S=c1ssc([S-])c1[S-].[Na+].[Na+]. The Bertz CT molecular complexity index is 237. The zero-order valence-electron chi connectivity index (χ0n) is 5.54. The quantitative estimate of drug-likeness (QED) is 0.199. The van der Waals surface area contributed by atoms with E-state index in [1.54, 1.807) is 0 Å². The molecule has 0 saturated carbocycles. The van der Waals surface area contributed by atoms with E-state index in [0.717, 1.165) is 8.03 Å². The van der Waals surface area contributed by atoms with Gasteiger partial charge >= 0.3 is 59.1 Å². The van der Waals surface area contributed by atoms with E-state index in [9.17, 15) is 0 Å². The molecular formula is C3Na2S5. The Kier molecular flexibility index (Phi) is 10.9. The van der Waals surface area contributed by atoms with E-state index in [1.807, 2.05) is 0 Å². The maximum absolute atomic E-state index is 4.84. The molecule has 0 fully saturated rings. The summed E-state index contributed by atoms with van der Waals surface area (Å²) in [5, 5.41) is 0. The Labute approximate surface area is 128 Å². The fourth-order valence-electron chi connectivity index (χ4n) is 0.235. The van der Waals surface area contributed by atoms with Crippen LogP contribution in [-0.4, -0.2) is 0 Å². The summed E-state index contributed by atoms with van der Waals surface area (Å²) < 4.78 is 1.52. The van der Waals surface area contributed by atoms with Crippen molar-refractivity contribution in [3.05, 3.63) is 3.82 Å². The fourth-order valence-corrected chi connectivity index (χ4v) is 3.34. The van der Waals surface area contributed by atoms with Crippen LogP contribution in [-0.2, 0) is 25.3 Å². The molecule has 0 unspecified atom stereocenters. The molecule has 0 nitrogen and oxygen atoms in total. The van der Waals surface area contributed by atoms with Gasteiger partial charge in [0, 0.05) is 0 Å². The molecule has 0 spiro atoms. The molecule has 0 aliphatic carbocycles. The van der Waals surface area contributed by atoms with E-state index < -0.39 is 0 Å². The molecule has 0 bridgehead atoms. The monoisotopic (exact) mass is 242 g/mol. The van der Waals surface area contributed by atoms with Crippen molar-refractivity contribution in [3.63, 3.8) is 0 Å². The first-order valence-corrected chi connectivity index (χ1v) is 5.06.